The van der Waals surface area contributed by atoms with Crippen LogP contribution < -0.4 is 5.73 Å². The quantitative estimate of drug-likeness (QED) is 0.490. The van der Waals surface area contributed by atoms with E-state index in [0.717, 1.165) is 6.42 Å². The fraction of sp³-hybridized carbons (Fsp3) is 0.647. The summed E-state index contributed by atoms with van der Waals surface area (Å²) in [5, 5.41) is 20.2. The van der Waals surface area contributed by atoms with Crippen molar-refractivity contribution in [2.45, 2.75) is 57.7 Å². The molecule has 150 valence electrons. The molecule has 27 heavy (non-hydrogen) atoms. The number of nitrogen functional groups attached to an aromatic ring is 1. The van der Waals surface area contributed by atoms with Gasteiger partial charge in [0.1, 0.15) is 30.0 Å². The summed E-state index contributed by atoms with van der Waals surface area (Å²) in [6.45, 7) is 5.45. The van der Waals surface area contributed by atoms with Crippen LogP contribution in [0.25, 0.3) is 11.0 Å². The molecule has 2 heterocycles. The first-order valence-electron chi connectivity index (χ1n) is 8.99. The molecule has 0 bridgehead atoms. The Morgan fingerprint density at radius 1 is 1.37 bits per heavy atom. The van der Waals surface area contributed by atoms with E-state index in [4.69, 9.17) is 15.0 Å². The predicted molar refractivity (Wildman–Crippen MR) is 103 cm³/mol. The van der Waals surface area contributed by atoms with Gasteiger partial charge in [-0.1, -0.05) is 6.92 Å². The molecule has 10 heteroatoms. The Morgan fingerprint density at radius 2 is 2.11 bits per heavy atom. The van der Waals surface area contributed by atoms with Crippen molar-refractivity contribution in [2.24, 2.45) is 0 Å². The molecule has 4 N–H and O–H groups in total. The number of hydrogen-bond donors (Lipinski definition) is 3. The molecule has 0 aliphatic carbocycles. The first-order chi connectivity index (χ1) is 12.9. The van der Waals surface area contributed by atoms with E-state index in [2.05, 4.69) is 9.97 Å². The average molecular weight is 399 g/mol. The van der Waals surface area contributed by atoms with Crippen molar-refractivity contribution in [1.82, 2.24) is 14.5 Å². The van der Waals surface area contributed by atoms with Gasteiger partial charge in [0.25, 0.3) is 0 Å². The number of anilines is 1. The number of aliphatic hydroxyl groups is 2. The Hall–Kier alpha value is -1.64. The van der Waals surface area contributed by atoms with Crippen molar-refractivity contribution in [2.75, 3.05) is 18.9 Å². The van der Waals surface area contributed by atoms with E-state index in [1.807, 2.05) is 20.8 Å². The van der Waals surface area contributed by atoms with Crippen molar-refractivity contribution in [3.63, 3.8) is 0 Å². The smallest absolute Gasteiger partial charge is 0.394 e. The zero-order valence-corrected chi connectivity index (χ0v) is 16.7. The summed E-state index contributed by atoms with van der Waals surface area (Å²) >= 11 is 0. The predicted octanol–water partition coefficient (Wildman–Crippen LogP) is 2.22. The van der Waals surface area contributed by atoms with E-state index in [1.165, 1.54) is 6.33 Å². The molecule has 2 aromatic rings. The molecule has 0 aliphatic rings. The first kappa shape index (κ1) is 21.7. The molecule has 9 nitrogen and oxygen atoms in total. The van der Waals surface area contributed by atoms with Gasteiger partial charge in [0.05, 0.1) is 18.6 Å². The molecule has 5 atom stereocenters. The number of fused-ring (bicyclic) bond motifs is 1. The lowest BCUT2D eigenvalue weighted by Crippen LogP contribution is -2.30. The summed E-state index contributed by atoms with van der Waals surface area (Å²) in [5.74, 6) is 0.326. The average Bonchev–Trinajstić information content (AvgIpc) is 3.09. The highest BCUT2D eigenvalue weighted by Crippen LogP contribution is 2.33. The number of hydrogen-bond acceptors (Lipinski definition) is 8. The number of nitrogens with two attached hydrogens (primary N) is 1. The van der Waals surface area contributed by atoms with Gasteiger partial charge >= 0.3 is 8.03 Å². The summed E-state index contributed by atoms with van der Waals surface area (Å²) in [5.41, 5.74) is 6.35. The van der Waals surface area contributed by atoms with Gasteiger partial charge < -0.3 is 25.3 Å². The number of aliphatic hydroxyl groups excluding tert-OH is 2. The zero-order valence-electron chi connectivity index (χ0n) is 15.9. The minimum atomic E-state index is -1.72. The third-order valence-electron chi connectivity index (χ3n) is 4.38. The Balaban J connectivity index is 2.03. The van der Waals surface area contributed by atoms with Gasteiger partial charge in [-0.25, -0.2) is 9.97 Å². The molecule has 2 rings (SSSR count). The molecule has 0 aliphatic heterocycles. The van der Waals surface area contributed by atoms with Crippen molar-refractivity contribution in [3.8, 4) is 0 Å². The van der Waals surface area contributed by atoms with Gasteiger partial charge in [0, 0.05) is 12.6 Å². The maximum absolute atomic E-state index is 12.0. The Kier molecular flexibility index (Phi) is 8.07. The number of ether oxygens (including phenoxy) is 1. The van der Waals surface area contributed by atoms with Crippen LogP contribution >= 0.6 is 8.03 Å². The topological polar surface area (TPSA) is 133 Å². The molecule has 4 unspecified atom stereocenters. The second-order valence-electron chi connectivity index (χ2n) is 6.48. The lowest BCUT2D eigenvalue weighted by Gasteiger charge is -2.24. The maximum atomic E-state index is 12.0. The van der Waals surface area contributed by atoms with Crippen LogP contribution in [0.15, 0.2) is 18.6 Å². The van der Waals surface area contributed by atoms with Gasteiger partial charge in [-0.3, -0.25) is 0 Å². The molecule has 0 saturated carbocycles. The van der Waals surface area contributed by atoms with Crippen molar-refractivity contribution < 1.29 is 24.0 Å². The van der Waals surface area contributed by atoms with E-state index >= 15 is 0 Å². The second kappa shape index (κ2) is 10.1. The van der Waals surface area contributed by atoms with Crippen LogP contribution in [0.3, 0.4) is 0 Å². The van der Waals surface area contributed by atoms with Crippen molar-refractivity contribution >= 4 is 24.9 Å². The molecule has 0 aromatic carbocycles. The highest BCUT2D eigenvalue weighted by Gasteiger charge is 2.29. The molecule has 0 spiro atoms. The third-order valence-corrected chi connectivity index (χ3v) is 6.03. The molecule has 0 saturated heterocycles. The van der Waals surface area contributed by atoms with E-state index in [9.17, 15) is 14.8 Å². The fourth-order valence-electron chi connectivity index (χ4n) is 2.50. The van der Waals surface area contributed by atoms with Crippen LogP contribution in [0.5, 0.6) is 0 Å². The SMILES string of the molecule is CCC(C)[P+](=O)OC(C)CCOC([C@H](O)CO)n1ccc2c(N)ncnc21. The van der Waals surface area contributed by atoms with Crippen LogP contribution in [0.4, 0.5) is 5.82 Å². The van der Waals surface area contributed by atoms with Crippen LogP contribution in [0.1, 0.15) is 39.8 Å². The number of rotatable bonds is 11. The fourth-order valence-corrected chi connectivity index (χ4v) is 3.47. The molecular weight excluding hydrogens is 371 g/mol. The Morgan fingerprint density at radius 3 is 2.78 bits per heavy atom. The lowest BCUT2D eigenvalue weighted by molar-refractivity contribution is -0.0996. The third kappa shape index (κ3) is 5.43. The summed E-state index contributed by atoms with van der Waals surface area (Å²) in [7, 11) is -1.72. The van der Waals surface area contributed by atoms with Crippen molar-refractivity contribution in [1.29, 1.82) is 0 Å². The summed E-state index contributed by atoms with van der Waals surface area (Å²) in [6, 6.07) is 1.73. The Bertz CT molecular complexity index is 756. The molecule has 0 radical (unpaired) electrons. The first-order valence-corrected chi connectivity index (χ1v) is 10.2. The number of nitrogens with zero attached hydrogens (tertiary/aromatic N) is 3. The van der Waals surface area contributed by atoms with Crippen LogP contribution in [0, 0.1) is 0 Å². The van der Waals surface area contributed by atoms with E-state index in [0.29, 0.717) is 23.3 Å². The van der Waals surface area contributed by atoms with Crippen molar-refractivity contribution in [3.05, 3.63) is 18.6 Å². The Labute approximate surface area is 159 Å². The van der Waals surface area contributed by atoms with Gasteiger partial charge in [-0.05, 0) is 30.9 Å². The van der Waals surface area contributed by atoms with E-state index in [1.54, 1.807) is 16.8 Å². The summed E-state index contributed by atoms with van der Waals surface area (Å²) in [6.07, 6.45) is 2.03. The molecular formula is C17H28N4O5P+. The standard InChI is InChI=1S/C17H28N4O5P/c1-4-12(3)27(24)26-11(2)6-8-25-17(14(23)9-22)21-7-5-13-15(18)19-10-20-16(13)21/h5,7,10-12,14,17,22-23H,4,6,8-9H2,1-3H3,(H2,18,19,20)/q+1/t11?,12?,14-,17?/m1/s1. The minimum absolute atomic E-state index is 0.00343. The molecule has 2 aromatic heterocycles. The van der Waals surface area contributed by atoms with E-state index < -0.39 is 27.0 Å². The van der Waals surface area contributed by atoms with Crippen LogP contribution in [-0.4, -0.2) is 55.8 Å². The highest BCUT2D eigenvalue weighted by molar-refractivity contribution is 7.40. The number of aromatic nitrogens is 3. The summed E-state index contributed by atoms with van der Waals surface area (Å²) in [4.78, 5) is 8.12. The van der Waals surface area contributed by atoms with Gasteiger partial charge in [-0.15, -0.1) is 4.52 Å². The summed E-state index contributed by atoms with van der Waals surface area (Å²) < 4.78 is 24.9. The van der Waals surface area contributed by atoms with Crippen LogP contribution in [-0.2, 0) is 13.8 Å². The zero-order chi connectivity index (χ0) is 20.0. The normalized spacial score (nSPS) is 16.9. The monoisotopic (exact) mass is 399 g/mol. The lowest BCUT2D eigenvalue weighted by atomic mass is 10.3. The van der Waals surface area contributed by atoms with Gasteiger partial charge in [0.15, 0.2) is 11.9 Å². The van der Waals surface area contributed by atoms with Crippen LogP contribution in [0.2, 0.25) is 0 Å². The minimum Gasteiger partial charge on any atom is -0.394 e. The molecule has 0 fully saturated rings. The van der Waals surface area contributed by atoms with Gasteiger partial charge in [-0.2, -0.15) is 0 Å². The van der Waals surface area contributed by atoms with Gasteiger partial charge in [0.2, 0.25) is 0 Å². The molecule has 0 amide bonds. The second-order valence-corrected chi connectivity index (χ2v) is 8.14. The maximum Gasteiger partial charge on any atom is 0.511 e. The largest absolute Gasteiger partial charge is 0.511 e. The highest BCUT2D eigenvalue weighted by atomic mass is 31.1. The van der Waals surface area contributed by atoms with E-state index in [-0.39, 0.29) is 18.4 Å².